The van der Waals surface area contributed by atoms with Crippen LogP contribution in [0.2, 0.25) is 0 Å². The average Bonchev–Trinajstić information content (AvgIpc) is 2.65. The molecule has 86 valence electrons. The van der Waals surface area contributed by atoms with E-state index in [1.54, 1.807) is 24.9 Å². The lowest BCUT2D eigenvalue weighted by molar-refractivity contribution is 0.196. The molecule has 15 heavy (non-hydrogen) atoms. The van der Waals surface area contributed by atoms with Crippen molar-refractivity contribution in [3.05, 3.63) is 24.2 Å². The molecule has 0 aromatic carbocycles. The number of aliphatic hydroxyl groups excluding tert-OH is 1. The Kier molecular flexibility index (Phi) is 4.70. The number of aliphatic hydroxyl groups is 1. The predicted octanol–water partition coefficient (Wildman–Crippen LogP) is 2.17. The molecule has 0 aliphatic heterocycles. The SMILES string of the molecule is CC(N)C(SC(C)C(C)O)c1ccco1. The molecular formula is C11H19NO2S. The minimum Gasteiger partial charge on any atom is -0.468 e. The van der Waals surface area contributed by atoms with E-state index < -0.39 is 0 Å². The van der Waals surface area contributed by atoms with Gasteiger partial charge in [0.1, 0.15) is 5.76 Å². The van der Waals surface area contributed by atoms with Gasteiger partial charge in [0.05, 0.1) is 17.6 Å². The first-order valence-corrected chi connectivity index (χ1v) is 6.09. The molecule has 0 aliphatic carbocycles. The first-order chi connectivity index (χ1) is 7.02. The lowest BCUT2D eigenvalue weighted by atomic mass is 10.2. The van der Waals surface area contributed by atoms with Gasteiger partial charge in [-0.2, -0.15) is 0 Å². The molecule has 1 heterocycles. The van der Waals surface area contributed by atoms with Gasteiger partial charge in [-0.1, -0.05) is 6.92 Å². The third kappa shape index (κ3) is 3.55. The van der Waals surface area contributed by atoms with E-state index in [2.05, 4.69) is 0 Å². The Labute approximate surface area is 95.0 Å². The summed E-state index contributed by atoms with van der Waals surface area (Å²) in [5.74, 6) is 0.877. The van der Waals surface area contributed by atoms with Gasteiger partial charge >= 0.3 is 0 Å². The standard InChI is InChI=1S/C11H19NO2S/c1-7(12)11(10-5-4-6-14-10)15-9(3)8(2)13/h4-9,11,13H,12H2,1-3H3. The summed E-state index contributed by atoms with van der Waals surface area (Å²) in [5, 5.41) is 9.70. The maximum Gasteiger partial charge on any atom is 0.118 e. The van der Waals surface area contributed by atoms with E-state index in [-0.39, 0.29) is 22.6 Å². The highest BCUT2D eigenvalue weighted by Crippen LogP contribution is 2.35. The fourth-order valence-electron chi connectivity index (χ4n) is 1.25. The number of hydrogen-bond donors (Lipinski definition) is 2. The van der Waals surface area contributed by atoms with E-state index >= 15 is 0 Å². The van der Waals surface area contributed by atoms with Gasteiger partial charge in [-0.3, -0.25) is 0 Å². The largest absolute Gasteiger partial charge is 0.468 e. The van der Waals surface area contributed by atoms with Crippen LogP contribution in [-0.2, 0) is 0 Å². The molecule has 0 aliphatic rings. The molecule has 4 unspecified atom stereocenters. The third-order valence-electron chi connectivity index (χ3n) is 2.34. The van der Waals surface area contributed by atoms with Gasteiger partial charge in [0, 0.05) is 11.3 Å². The van der Waals surface area contributed by atoms with Crippen molar-refractivity contribution in [2.75, 3.05) is 0 Å². The molecule has 3 nitrogen and oxygen atoms in total. The van der Waals surface area contributed by atoms with Gasteiger partial charge < -0.3 is 15.3 Å². The predicted molar refractivity (Wildman–Crippen MR) is 63.8 cm³/mol. The van der Waals surface area contributed by atoms with Crippen molar-refractivity contribution in [1.82, 2.24) is 0 Å². The summed E-state index contributed by atoms with van der Waals surface area (Å²) in [6.45, 7) is 5.74. The average molecular weight is 229 g/mol. The van der Waals surface area contributed by atoms with Gasteiger partial charge in [-0.25, -0.2) is 0 Å². The summed E-state index contributed by atoms with van der Waals surface area (Å²) in [7, 11) is 0. The van der Waals surface area contributed by atoms with E-state index in [1.165, 1.54) is 0 Å². The second-order valence-corrected chi connectivity index (χ2v) is 5.40. The molecule has 1 rings (SSSR count). The smallest absolute Gasteiger partial charge is 0.118 e. The Morgan fingerprint density at radius 3 is 2.47 bits per heavy atom. The first kappa shape index (κ1) is 12.6. The van der Waals surface area contributed by atoms with Crippen LogP contribution in [0.5, 0.6) is 0 Å². The minimum absolute atomic E-state index is 0.00218. The summed E-state index contributed by atoms with van der Waals surface area (Å²) in [4.78, 5) is 0. The number of rotatable bonds is 5. The minimum atomic E-state index is -0.341. The second-order valence-electron chi connectivity index (χ2n) is 3.88. The van der Waals surface area contributed by atoms with E-state index in [1.807, 2.05) is 26.0 Å². The summed E-state index contributed by atoms with van der Waals surface area (Å²) in [6, 6.07) is 3.79. The van der Waals surface area contributed by atoms with Crippen molar-refractivity contribution in [3.8, 4) is 0 Å². The fraction of sp³-hybridized carbons (Fsp3) is 0.636. The highest BCUT2D eigenvalue weighted by Gasteiger charge is 2.23. The number of furan rings is 1. The molecule has 4 heteroatoms. The fourth-order valence-corrected chi connectivity index (χ4v) is 2.45. The maximum atomic E-state index is 9.46. The van der Waals surface area contributed by atoms with Crippen molar-refractivity contribution in [3.63, 3.8) is 0 Å². The zero-order valence-electron chi connectivity index (χ0n) is 9.38. The number of thioether (sulfide) groups is 1. The molecule has 1 aromatic heterocycles. The lowest BCUT2D eigenvalue weighted by Crippen LogP contribution is -2.26. The Balaban J connectivity index is 2.68. The molecular weight excluding hydrogens is 210 g/mol. The summed E-state index contributed by atoms with van der Waals surface area (Å²) in [6.07, 6.45) is 1.31. The van der Waals surface area contributed by atoms with Crippen LogP contribution >= 0.6 is 11.8 Å². The Morgan fingerprint density at radius 1 is 1.40 bits per heavy atom. The molecule has 4 atom stereocenters. The number of hydrogen-bond acceptors (Lipinski definition) is 4. The zero-order chi connectivity index (χ0) is 11.4. The highest BCUT2D eigenvalue weighted by molar-refractivity contribution is 8.00. The van der Waals surface area contributed by atoms with Crippen LogP contribution < -0.4 is 5.73 Å². The Hall–Kier alpha value is -0.450. The summed E-state index contributed by atoms with van der Waals surface area (Å²) >= 11 is 1.65. The topological polar surface area (TPSA) is 59.4 Å². The van der Waals surface area contributed by atoms with Crippen LogP contribution in [0.3, 0.4) is 0 Å². The molecule has 0 saturated heterocycles. The van der Waals surface area contributed by atoms with Crippen LogP contribution in [0.1, 0.15) is 31.8 Å². The molecule has 3 N–H and O–H groups in total. The molecule has 0 saturated carbocycles. The molecule has 0 amide bonds. The van der Waals surface area contributed by atoms with Crippen molar-refractivity contribution in [1.29, 1.82) is 0 Å². The molecule has 0 radical (unpaired) electrons. The Bertz CT molecular complexity index is 272. The monoisotopic (exact) mass is 229 g/mol. The lowest BCUT2D eigenvalue weighted by Gasteiger charge is -2.23. The van der Waals surface area contributed by atoms with Gasteiger partial charge in [0.25, 0.3) is 0 Å². The van der Waals surface area contributed by atoms with Gasteiger partial charge in [0.2, 0.25) is 0 Å². The van der Waals surface area contributed by atoms with E-state index in [0.29, 0.717) is 0 Å². The maximum absolute atomic E-state index is 9.46. The van der Waals surface area contributed by atoms with Crippen LogP contribution in [0.25, 0.3) is 0 Å². The normalized spacial score (nSPS) is 19.5. The van der Waals surface area contributed by atoms with Gasteiger partial charge in [-0.05, 0) is 26.0 Å². The first-order valence-electron chi connectivity index (χ1n) is 5.15. The van der Waals surface area contributed by atoms with Crippen LogP contribution in [0.4, 0.5) is 0 Å². The third-order valence-corrected chi connectivity index (χ3v) is 4.12. The molecule has 0 fully saturated rings. The van der Waals surface area contributed by atoms with Gasteiger partial charge in [-0.15, -0.1) is 11.8 Å². The van der Waals surface area contributed by atoms with E-state index in [9.17, 15) is 5.11 Å². The number of nitrogens with two attached hydrogens (primary N) is 1. The quantitative estimate of drug-likeness (QED) is 0.812. The van der Waals surface area contributed by atoms with Crippen LogP contribution in [-0.4, -0.2) is 22.5 Å². The van der Waals surface area contributed by atoms with Crippen molar-refractivity contribution >= 4 is 11.8 Å². The van der Waals surface area contributed by atoms with E-state index in [4.69, 9.17) is 10.2 Å². The van der Waals surface area contributed by atoms with Crippen LogP contribution in [0, 0.1) is 0 Å². The van der Waals surface area contributed by atoms with E-state index in [0.717, 1.165) is 5.76 Å². The van der Waals surface area contributed by atoms with Crippen LogP contribution in [0.15, 0.2) is 22.8 Å². The highest BCUT2D eigenvalue weighted by atomic mass is 32.2. The summed E-state index contributed by atoms with van der Waals surface area (Å²) < 4.78 is 5.36. The van der Waals surface area contributed by atoms with Crippen molar-refractivity contribution in [2.24, 2.45) is 5.73 Å². The van der Waals surface area contributed by atoms with Crippen molar-refractivity contribution < 1.29 is 9.52 Å². The molecule has 1 aromatic rings. The Morgan fingerprint density at radius 2 is 2.07 bits per heavy atom. The van der Waals surface area contributed by atoms with Gasteiger partial charge in [0.15, 0.2) is 0 Å². The van der Waals surface area contributed by atoms with Crippen molar-refractivity contribution in [2.45, 2.75) is 43.4 Å². The second kappa shape index (κ2) is 5.58. The molecule has 0 spiro atoms. The zero-order valence-corrected chi connectivity index (χ0v) is 10.2. The molecule has 0 bridgehead atoms. The summed E-state index contributed by atoms with van der Waals surface area (Å²) in [5.41, 5.74) is 5.91.